The molecule has 45 heavy (non-hydrogen) atoms. The summed E-state index contributed by atoms with van der Waals surface area (Å²) in [5.41, 5.74) is 34.5. The van der Waals surface area contributed by atoms with Gasteiger partial charge in [-0.15, -0.1) is 0 Å². The van der Waals surface area contributed by atoms with Crippen LogP contribution in [-0.2, 0) is 33.6 Å². The molecule has 1 saturated heterocycles. The van der Waals surface area contributed by atoms with E-state index in [0.29, 0.717) is 0 Å². The largest absolute Gasteiger partial charge is 0.480 e. The highest BCUT2D eigenvalue weighted by molar-refractivity contribution is 5.81. The van der Waals surface area contributed by atoms with Gasteiger partial charge in [-0.25, -0.2) is 0 Å². The fraction of sp³-hybridized carbons (Fsp3) is 0.720. The summed E-state index contributed by atoms with van der Waals surface area (Å²) in [6.07, 6.45) is 2.11. The Bertz CT molecular complexity index is 842. The van der Waals surface area contributed by atoms with Crippen molar-refractivity contribution < 1.29 is 59.1 Å². The number of aliphatic carboxylic acids is 5. The highest BCUT2D eigenvalue weighted by atomic mass is 16.4. The molecule has 0 radical (unpaired) electrons. The molecule has 1 fully saturated rings. The van der Waals surface area contributed by atoms with E-state index >= 15 is 0 Å². The van der Waals surface area contributed by atoms with Gasteiger partial charge in [0, 0.05) is 6.42 Å². The van der Waals surface area contributed by atoms with Gasteiger partial charge in [-0.2, -0.15) is 0 Å². The number of carboxylic acids is 5. The highest BCUT2D eigenvalue weighted by Crippen LogP contribution is 2.03. The van der Waals surface area contributed by atoms with E-state index in [-0.39, 0.29) is 37.3 Å². The SMILES string of the molecule is CC(C)[C@H](N)C(=O)O.CC(C)[C@H](N)C(=O)O.C[C@H](N)C(=O)O.NC(=O)CC[C@H](N)C(N)=O.NCC(=O)O.O=C(O)[C@@H]1CCCN1. The van der Waals surface area contributed by atoms with Crippen molar-refractivity contribution in [3.05, 3.63) is 0 Å². The van der Waals surface area contributed by atoms with Crippen LogP contribution >= 0.6 is 0 Å². The Morgan fingerprint density at radius 3 is 1.20 bits per heavy atom. The molecule has 0 saturated carbocycles. The van der Waals surface area contributed by atoms with Crippen LogP contribution in [0.3, 0.4) is 0 Å². The molecule has 0 aromatic heterocycles. The fourth-order valence-corrected chi connectivity index (χ4v) is 1.91. The molecule has 20 nitrogen and oxygen atoms in total. The lowest BCUT2D eigenvalue weighted by atomic mass is 10.1. The van der Waals surface area contributed by atoms with Crippen LogP contribution < -0.4 is 45.5 Å². The van der Waals surface area contributed by atoms with Crippen LogP contribution in [0.25, 0.3) is 0 Å². The van der Waals surface area contributed by atoms with Crippen molar-refractivity contribution in [3.8, 4) is 0 Å². The van der Waals surface area contributed by atoms with Gasteiger partial charge in [-0.05, 0) is 44.6 Å². The minimum atomic E-state index is -0.968. The van der Waals surface area contributed by atoms with Gasteiger partial charge in [0.25, 0.3) is 0 Å². The zero-order chi connectivity index (χ0) is 37.0. The van der Waals surface area contributed by atoms with E-state index in [1.807, 2.05) is 0 Å². The van der Waals surface area contributed by atoms with Gasteiger partial charge in [0.2, 0.25) is 11.8 Å². The molecule has 0 aromatic carbocycles. The molecule has 20 heteroatoms. The maximum absolute atomic E-state index is 10.3. The normalized spacial score (nSPS) is 15.4. The van der Waals surface area contributed by atoms with Crippen LogP contribution in [0, 0.1) is 11.8 Å². The summed E-state index contributed by atoms with van der Waals surface area (Å²) in [7, 11) is 0. The lowest BCUT2D eigenvalue weighted by molar-refractivity contribution is -0.140. The second kappa shape index (κ2) is 30.1. The van der Waals surface area contributed by atoms with Gasteiger partial charge in [0.05, 0.1) is 12.6 Å². The Morgan fingerprint density at radius 2 is 1.09 bits per heavy atom. The van der Waals surface area contributed by atoms with Crippen LogP contribution in [0.1, 0.15) is 60.3 Å². The predicted octanol–water partition coefficient (Wildman–Crippen LogP) is -3.56. The molecule has 266 valence electrons. The number of carbonyl (C=O) groups excluding carboxylic acids is 2. The second-order valence-electron chi connectivity index (χ2n) is 9.94. The van der Waals surface area contributed by atoms with Crippen molar-refractivity contribution in [1.82, 2.24) is 5.32 Å². The van der Waals surface area contributed by atoms with Crippen LogP contribution in [0.15, 0.2) is 0 Å². The molecule has 0 aromatic rings. The Morgan fingerprint density at radius 1 is 0.733 bits per heavy atom. The van der Waals surface area contributed by atoms with Gasteiger partial charge in [-0.1, -0.05) is 27.7 Å². The average molecular weight is 659 g/mol. The molecule has 0 aliphatic carbocycles. The van der Waals surface area contributed by atoms with E-state index < -0.39 is 65.8 Å². The molecular weight excluding hydrogens is 604 g/mol. The average Bonchev–Trinajstić information content (AvgIpc) is 3.47. The zero-order valence-electron chi connectivity index (χ0n) is 26.4. The number of hydrogen-bond acceptors (Lipinski definition) is 13. The number of primary amides is 2. The van der Waals surface area contributed by atoms with Crippen LogP contribution in [0.4, 0.5) is 0 Å². The van der Waals surface area contributed by atoms with E-state index in [1.54, 1.807) is 27.7 Å². The summed E-state index contributed by atoms with van der Waals surface area (Å²) in [6, 6.07) is -3.18. The summed E-state index contributed by atoms with van der Waals surface area (Å²) >= 11 is 0. The minimum absolute atomic E-state index is 0.0208. The van der Waals surface area contributed by atoms with Crippen LogP contribution in [-0.4, -0.2) is 110 Å². The first-order chi connectivity index (χ1) is 20.4. The first-order valence-electron chi connectivity index (χ1n) is 13.5. The van der Waals surface area contributed by atoms with Crippen molar-refractivity contribution in [2.24, 2.45) is 52.0 Å². The summed E-state index contributed by atoms with van der Waals surface area (Å²) in [6.45, 7) is 9.11. The summed E-state index contributed by atoms with van der Waals surface area (Å²) in [5, 5.41) is 43.1. The molecule has 5 atom stereocenters. The van der Waals surface area contributed by atoms with Crippen LogP contribution in [0.2, 0.25) is 0 Å². The Kier molecular flexibility index (Phi) is 33.9. The summed E-state index contributed by atoms with van der Waals surface area (Å²) in [4.78, 5) is 69.4. The number of carbonyl (C=O) groups is 7. The van der Waals surface area contributed by atoms with Crippen molar-refractivity contribution in [2.75, 3.05) is 13.1 Å². The van der Waals surface area contributed by atoms with E-state index in [2.05, 4.69) is 11.1 Å². The molecule has 1 heterocycles. The van der Waals surface area contributed by atoms with E-state index in [9.17, 15) is 33.6 Å². The van der Waals surface area contributed by atoms with Crippen molar-refractivity contribution in [3.63, 3.8) is 0 Å². The molecule has 0 unspecified atom stereocenters. The van der Waals surface area contributed by atoms with E-state index in [0.717, 1.165) is 19.4 Å². The number of rotatable bonds is 11. The maximum Gasteiger partial charge on any atom is 0.320 e. The highest BCUT2D eigenvalue weighted by Gasteiger charge is 2.20. The number of hydrogen-bond donors (Lipinski definition) is 13. The molecule has 2 amide bonds. The molecule has 1 aliphatic heterocycles. The number of nitrogens with one attached hydrogen (secondary N) is 1. The van der Waals surface area contributed by atoms with Crippen molar-refractivity contribution >= 4 is 41.7 Å². The Labute approximate surface area is 262 Å². The molecular formula is C25H54N8O12. The fourth-order valence-electron chi connectivity index (χ4n) is 1.91. The number of carboxylic acid groups (broad SMARTS) is 5. The quantitative estimate of drug-likeness (QED) is 0.102. The lowest BCUT2D eigenvalue weighted by Crippen LogP contribution is -2.37. The van der Waals surface area contributed by atoms with Gasteiger partial charge >= 0.3 is 29.8 Å². The molecule has 0 bridgehead atoms. The summed E-state index contributed by atoms with van der Waals surface area (Å²) < 4.78 is 0. The number of nitrogens with two attached hydrogens (primary N) is 7. The second-order valence-corrected chi connectivity index (χ2v) is 9.94. The van der Waals surface area contributed by atoms with Gasteiger partial charge in [-0.3, -0.25) is 33.6 Å². The molecule has 1 aliphatic rings. The van der Waals surface area contributed by atoms with Gasteiger partial charge in [0.15, 0.2) is 0 Å². The van der Waals surface area contributed by atoms with Crippen molar-refractivity contribution in [2.45, 2.75) is 90.5 Å². The van der Waals surface area contributed by atoms with Gasteiger partial charge < -0.3 is 71.0 Å². The third kappa shape index (κ3) is 40.0. The lowest BCUT2D eigenvalue weighted by Gasteiger charge is -2.07. The number of amides is 2. The smallest absolute Gasteiger partial charge is 0.320 e. The van der Waals surface area contributed by atoms with Crippen molar-refractivity contribution in [1.29, 1.82) is 0 Å². The first-order valence-corrected chi connectivity index (χ1v) is 13.5. The zero-order valence-corrected chi connectivity index (χ0v) is 26.4. The van der Waals surface area contributed by atoms with Crippen LogP contribution in [0.5, 0.6) is 0 Å². The Hall–Kier alpha value is -3.95. The third-order valence-corrected chi connectivity index (χ3v) is 5.00. The Balaban J connectivity index is -0.000000144. The van der Waals surface area contributed by atoms with E-state index in [1.165, 1.54) is 6.92 Å². The topological polar surface area (TPSA) is 415 Å². The third-order valence-electron chi connectivity index (χ3n) is 5.00. The van der Waals surface area contributed by atoms with Gasteiger partial charge in [0.1, 0.15) is 24.2 Å². The first kappa shape index (κ1) is 50.7. The molecule has 20 N–H and O–H groups in total. The molecule has 0 spiro atoms. The predicted molar refractivity (Wildman–Crippen MR) is 163 cm³/mol. The maximum atomic E-state index is 10.3. The minimum Gasteiger partial charge on any atom is -0.480 e. The summed E-state index contributed by atoms with van der Waals surface area (Å²) in [5.74, 6) is -5.56. The monoisotopic (exact) mass is 658 g/mol. The van der Waals surface area contributed by atoms with E-state index in [4.69, 9.17) is 59.9 Å². The standard InChI is InChI=1S/C5H11N3O2.C5H9NO2.2C5H11NO2.C3H7NO2.C2H5NO2/c6-3(5(8)10)1-2-4(7)9;7-5(8)4-2-1-3-6-4;2*1-3(2)4(6)5(7)8;1-2(4)3(5)6;3-1-2(4)5/h3H,1-2,6H2,(H2,7,9)(H2,8,10);4,6H,1-3H2,(H,7,8);2*3-4H,6H2,1-2H3,(H,7,8);2H,4H2,1H3,(H,5,6);1,3H2,(H,4,5)/t3-;3*4-;2-;/m00000./s1. The molecule has 1 rings (SSSR count).